The van der Waals surface area contributed by atoms with E-state index >= 15 is 0 Å². The molecule has 9 nitrogen and oxygen atoms in total. The zero-order valence-corrected chi connectivity index (χ0v) is 54.4. The average Bonchev–Trinajstić information content (AvgIpc) is 3.61. The van der Waals surface area contributed by atoms with Crippen molar-refractivity contribution in [3.05, 3.63) is 182 Å². The molecule has 0 rings (SSSR count). The predicted octanol–water partition coefficient (Wildman–Crippen LogP) is 21.1. The fourth-order valence-corrected chi connectivity index (χ4v) is 8.76. The smallest absolute Gasteiger partial charge is 0.462 e. The SMILES string of the molecule is CC/C=C\C/C=C\C/C=C\C/C=C\C/C=C\C/C=C\C/C=C\C/C=C\C/C=C\CCCC(=O)OC(COC(=O)CCCCCCCCCCCCCC/C=C\C/C=C\C/C=C\C/C=C\C/C=C\C/C=C\CC)COP(=O)(O)OCC[N+](C)(C)C. The molecule has 0 aliphatic heterocycles. The number of likely N-dealkylation sites (N-methyl/N-ethyl adjacent to an activating group) is 1. The normalized spacial score (nSPS) is 14.4. The second-order valence-electron chi connectivity index (χ2n) is 22.0. The van der Waals surface area contributed by atoms with Gasteiger partial charge in [-0.3, -0.25) is 18.6 Å². The minimum atomic E-state index is -4.42. The lowest BCUT2D eigenvalue weighted by Gasteiger charge is -2.24. The van der Waals surface area contributed by atoms with Crippen LogP contribution < -0.4 is 0 Å². The highest BCUT2D eigenvalue weighted by atomic mass is 31.2. The third-order valence-electron chi connectivity index (χ3n) is 12.9. The van der Waals surface area contributed by atoms with E-state index in [1.807, 2.05) is 27.2 Å². The second kappa shape index (κ2) is 62.6. The molecular weight excluding hydrogens is 1060 g/mol. The van der Waals surface area contributed by atoms with Crippen molar-refractivity contribution in [2.24, 2.45) is 0 Å². The van der Waals surface area contributed by atoms with Gasteiger partial charge in [0, 0.05) is 12.8 Å². The molecule has 0 aromatic carbocycles. The van der Waals surface area contributed by atoms with Gasteiger partial charge in [-0.25, -0.2) is 4.57 Å². The Hall–Kier alpha value is -4.89. The van der Waals surface area contributed by atoms with Crippen LogP contribution in [0.3, 0.4) is 0 Å². The molecule has 0 saturated heterocycles. The molecular formula is C74H119NO8P+. The van der Waals surface area contributed by atoms with Crippen LogP contribution in [-0.4, -0.2) is 74.9 Å². The molecule has 0 bridgehead atoms. The molecule has 1 N–H and O–H groups in total. The Labute approximate surface area is 514 Å². The van der Waals surface area contributed by atoms with E-state index in [1.54, 1.807) is 0 Å². The van der Waals surface area contributed by atoms with E-state index < -0.39 is 32.5 Å². The van der Waals surface area contributed by atoms with E-state index in [2.05, 4.69) is 190 Å². The summed E-state index contributed by atoms with van der Waals surface area (Å²) in [5.74, 6) is -0.883. The molecule has 0 amide bonds. The van der Waals surface area contributed by atoms with Crippen LogP contribution in [0.25, 0.3) is 0 Å². The van der Waals surface area contributed by atoms with Crippen LogP contribution in [0, 0.1) is 0 Å². The number of carbonyl (C=O) groups is 2. The molecule has 2 unspecified atom stereocenters. The van der Waals surface area contributed by atoms with Crippen LogP contribution in [-0.2, 0) is 32.7 Å². The Morgan fingerprint density at radius 2 is 0.655 bits per heavy atom. The predicted molar refractivity (Wildman–Crippen MR) is 362 cm³/mol. The largest absolute Gasteiger partial charge is 0.472 e. The summed E-state index contributed by atoms with van der Waals surface area (Å²) in [4.78, 5) is 35.8. The van der Waals surface area contributed by atoms with Gasteiger partial charge in [0.05, 0.1) is 27.7 Å². The Morgan fingerprint density at radius 1 is 0.369 bits per heavy atom. The number of quaternary nitrogens is 1. The van der Waals surface area contributed by atoms with Crippen molar-refractivity contribution < 1.29 is 42.1 Å². The number of phosphoric ester groups is 1. The standard InChI is InChI=1S/C74H118NO8P/c1-6-8-10-12-14-16-18-20-22-24-26-28-30-32-34-36-37-39-40-42-44-46-48-50-52-54-56-58-60-62-64-66-73(76)80-70-72(71-82-84(78,79)81-69-68-75(3,4)5)83-74(77)67-65-63-61-59-57-55-53-51-49-47-45-43-41-38-35-33-31-29-27-25-23-21-19-17-15-13-11-9-7-2/h8-11,14-17,20-23,26-29,32-35,37,39,41,43,47,49,53,55,59,61,72H,6-7,12-13,18-19,24-25,30-31,36,38,40,42,44-46,48,50-52,54,56-58,60,62-71H2,1-5H3/p+1/b10-8-,11-9-,16-14-,17-15-,22-20-,23-21-,28-26-,29-27-,34-32-,35-33-,39-37-,43-41-,49-47-,55-53-,61-59-. The van der Waals surface area contributed by atoms with E-state index in [-0.39, 0.29) is 26.1 Å². The summed E-state index contributed by atoms with van der Waals surface area (Å²) in [5, 5.41) is 0. The van der Waals surface area contributed by atoms with Crippen LogP contribution in [0.4, 0.5) is 0 Å². The number of hydrogen-bond donors (Lipinski definition) is 1. The molecule has 0 fully saturated rings. The minimum absolute atomic E-state index is 0.0100. The highest BCUT2D eigenvalue weighted by Crippen LogP contribution is 2.43. The zero-order valence-electron chi connectivity index (χ0n) is 53.6. The molecule has 2 atom stereocenters. The van der Waals surface area contributed by atoms with Crippen LogP contribution in [0.15, 0.2) is 182 Å². The van der Waals surface area contributed by atoms with E-state index in [0.29, 0.717) is 23.9 Å². The first-order valence-corrected chi connectivity index (χ1v) is 34.0. The minimum Gasteiger partial charge on any atom is -0.462 e. The van der Waals surface area contributed by atoms with Crippen LogP contribution in [0.1, 0.15) is 219 Å². The maximum absolute atomic E-state index is 12.8. The lowest BCUT2D eigenvalue weighted by molar-refractivity contribution is -0.870. The average molecular weight is 1180 g/mol. The van der Waals surface area contributed by atoms with Crippen molar-refractivity contribution in [2.75, 3.05) is 47.5 Å². The molecule has 0 aliphatic carbocycles. The molecule has 0 saturated carbocycles. The number of hydrogen-bond acceptors (Lipinski definition) is 7. The number of carbonyl (C=O) groups excluding carboxylic acids is 2. The highest BCUT2D eigenvalue weighted by molar-refractivity contribution is 7.47. The van der Waals surface area contributed by atoms with Crippen LogP contribution in [0.2, 0.25) is 0 Å². The summed E-state index contributed by atoms with van der Waals surface area (Å²) < 4.78 is 34.6. The van der Waals surface area contributed by atoms with Crippen molar-refractivity contribution in [3.8, 4) is 0 Å². The number of nitrogens with zero attached hydrogens (tertiary/aromatic N) is 1. The van der Waals surface area contributed by atoms with Gasteiger partial charge in [0.25, 0.3) is 0 Å². The third-order valence-corrected chi connectivity index (χ3v) is 13.9. The molecule has 0 heterocycles. The summed E-state index contributed by atoms with van der Waals surface area (Å²) in [5.41, 5.74) is 0. The Morgan fingerprint density at radius 3 is 0.988 bits per heavy atom. The van der Waals surface area contributed by atoms with Gasteiger partial charge >= 0.3 is 19.8 Å². The van der Waals surface area contributed by atoms with Crippen molar-refractivity contribution >= 4 is 19.8 Å². The van der Waals surface area contributed by atoms with Crippen molar-refractivity contribution in [1.29, 1.82) is 0 Å². The monoisotopic (exact) mass is 1180 g/mol. The fraction of sp³-hybridized carbons (Fsp3) is 0.568. The van der Waals surface area contributed by atoms with Gasteiger partial charge in [0.1, 0.15) is 19.8 Å². The lowest BCUT2D eigenvalue weighted by Crippen LogP contribution is -2.37. The molecule has 0 aliphatic rings. The van der Waals surface area contributed by atoms with Gasteiger partial charge in [-0.1, -0.05) is 260 Å². The third kappa shape index (κ3) is 66.3. The maximum atomic E-state index is 12.8. The molecule has 10 heteroatoms. The Kier molecular flexibility index (Phi) is 59.0. The van der Waals surface area contributed by atoms with Gasteiger partial charge in [-0.05, 0) is 128 Å². The van der Waals surface area contributed by atoms with Gasteiger partial charge in [0.2, 0.25) is 0 Å². The van der Waals surface area contributed by atoms with Gasteiger partial charge in [-0.15, -0.1) is 0 Å². The van der Waals surface area contributed by atoms with E-state index in [4.69, 9.17) is 18.5 Å². The second-order valence-corrected chi connectivity index (χ2v) is 23.5. The molecule has 472 valence electrons. The number of allylic oxidation sites excluding steroid dienone is 30. The first-order valence-electron chi connectivity index (χ1n) is 32.5. The number of unbranched alkanes of at least 4 members (excludes halogenated alkanes) is 13. The first-order chi connectivity index (χ1) is 41.0. The summed E-state index contributed by atoms with van der Waals surface area (Å²) in [6.45, 7) is 4.11. The lowest BCUT2D eigenvalue weighted by atomic mass is 10.0. The highest BCUT2D eigenvalue weighted by Gasteiger charge is 2.27. The quantitative estimate of drug-likeness (QED) is 0.0211. The fourth-order valence-electron chi connectivity index (χ4n) is 8.02. The molecule has 0 aromatic heterocycles. The molecule has 0 aromatic rings. The van der Waals surface area contributed by atoms with Gasteiger partial charge in [-0.2, -0.15) is 0 Å². The van der Waals surface area contributed by atoms with Crippen LogP contribution in [0.5, 0.6) is 0 Å². The van der Waals surface area contributed by atoms with Gasteiger partial charge < -0.3 is 18.9 Å². The summed E-state index contributed by atoms with van der Waals surface area (Å²) in [7, 11) is 1.41. The molecule has 0 radical (unpaired) electrons. The number of esters is 2. The van der Waals surface area contributed by atoms with Crippen LogP contribution >= 0.6 is 7.82 Å². The Balaban J connectivity index is 4.26. The number of ether oxygens (including phenoxy) is 2. The number of rotatable bonds is 57. The van der Waals surface area contributed by atoms with Gasteiger partial charge in [0.15, 0.2) is 6.10 Å². The summed E-state index contributed by atoms with van der Waals surface area (Å²) in [6.07, 6.45) is 97.0. The van der Waals surface area contributed by atoms with Crippen molar-refractivity contribution in [1.82, 2.24) is 0 Å². The van der Waals surface area contributed by atoms with E-state index in [0.717, 1.165) is 122 Å². The topological polar surface area (TPSA) is 108 Å². The Bertz CT molecular complexity index is 2070. The number of phosphoric acid groups is 1. The van der Waals surface area contributed by atoms with E-state index in [1.165, 1.54) is 57.8 Å². The summed E-state index contributed by atoms with van der Waals surface area (Å²) in [6, 6.07) is 0. The van der Waals surface area contributed by atoms with E-state index in [9.17, 15) is 19.0 Å². The molecule has 84 heavy (non-hydrogen) atoms. The summed E-state index contributed by atoms with van der Waals surface area (Å²) >= 11 is 0. The zero-order chi connectivity index (χ0) is 61.2. The van der Waals surface area contributed by atoms with Crippen molar-refractivity contribution in [2.45, 2.75) is 225 Å². The molecule has 0 spiro atoms. The first kappa shape index (κ1) is 79.1. The maximum Gasteiger partial charge on any atom is 0.472 e. The van der Waals surface area contributed by atoms with Crippen molar-refractivity contribution in [3.63, 3.8) is 0 Å².